The molecular formula is C33H32N8O4S. The maximum Gasteiger partial charge on any atom is 0.235 e. The molecule has 0 spiro atoms. The van der Waals surface area contributed by atoms with Gasteiger partial charge >= 0.3 is 0 Å². The Bertz CT molecular complexity index is 1690. The lowest BCUT2D eigenvalue weighted by molar-refractivity contribution is -0.129. The average Bonchev–Trinajstić information content (AvgIpc) is 3.61. The van der Waals surface area contributed by atoms with Crippen molar-refractivity contribution in [1.82, 2.24) is 9.88 Å². The van der Waals surface area contributed by atoms with Gasteiger partial charge in [0.1, 0.15) is 18.1 Å². The number of allylic oxidation sites excluding steroid dienone is 2. The molecule has 0 saturated carbocycles. The number of nitriles is 3. The van der Waals surface area contributed by atoms with E-state index >= 15 is 0 Å². The lowest BCUT2D eigenvalue weighted by Crippen LogP contribution is -2.29. The predicted molar refractivity (Wildman–Crippen MR) is 172 cm³/mol. The van der Waals surface area contributed by atoms with Crippen molar-refractivity contribution in [1.29, 1.82) is 15.8 Å². The van der Waals surface area contributed by atoms with E-state index in [-0.39, 0.29) is 37.6 Å². The SMILES string of the molecule is N#CC(C#N)=C1C(C#N)[C@@H](/C=C/c2sc(N=Nc3ccc(N(CCO)CCO)cc3)nc2-c2ccccc2)C(=O)N1CCCCO. The first-order chi connectivity index (χ1) is 22.5. The number of carbonyl (C=O) groups excluding carboxylic acids is 1. The molecule has 2 heterocycles. The zero-order valence-electron chi connectivity index (χ0n) is 24.9. The van der Waals surface area contributed by atoms with E-state index in [0.717, 1.165) is 11.3 Å². The number of aliphatic hydroxyl groups is 3. The molecule has 12 nitrogen and oxygen atoms in total. The molecule has 1 saturated heterocycles. The van der Waals surface area contributed by atoms with Gasteiger partial charge in [-0.15, -0.1) is 10.2 Å². The van der Waals surface area contributed by atoms with E-state index in [0.29, 0.717) is 47.3 Å². The predicted octanol–water partition coefficient (Wildman–Crippen LogP) is 4.70. The van der Waals surface area contributed by atoms with Gasteiger partial charge in [-0.05, 0) is 43.2 Å². The number of aliphatic hydroxyl groups excluding tert-OH is 3. The fraction of sp³-hybridized carbons (Fsp3) is 0.303. The highest BCUT2D eigenvalue weighted by Gasteiger charge is 2.45. The van der Waals surface area contributed by atoms with E-state index in [1.165, 1.54) is 16.2 Å². The van der Waals surface area contributed by atoms with Crippen molar-refractivity contribution in [2.24, 2.45) is 22.1 Å². The zero-order valence-corrected chi connectivity index (χ0v) is 25.7. The number of aromatic nitrogens is 1. The van der Waals surface area contributed by atoms with Crippen LogP contribution in [0.5, 0.6) is 0 Å². The maximum atomic E-state index is 13.5. The lowest BCUT2D eigenvalue weighted by atomic mass is 9.92. The molecule has 234 valence electrons. The molecule has 1 aliphatic rings. The second kappa shape index (κ2) is 16.7. The number of hydrogen-bond donors (Lipinski definition) is 3. The maximum absolute atomic E-state index is 13.5. The topological polar surface area (TPSA) is 193 Å². The molecule has 2 aromatic carbocycles. The summed E-state index contributed by atoms with van der Waals surface area (Å²) in [5, 5.41) is 66.0. The number of carbonyl (C=O) groups is 1. The molecule has 46 heavy (non-hydrogen) atoms. The summed E-state index contributed by atoms with van der Waals surface area (Å²) >= 11 is 1.25. The average molecular weight is 637 g/mol. The number of rotatable bonds is 14. The highest BCUT2D eigenvalue weighted by atomic mass is 32.1. The third kappa shape index (κ3) is 7.88. The fourth-order valence-electron chi connectivity index (χ4n) is 5.07. The van der Waals surface area contributed by atoms with Crippen LogP contribution in [-0.4, -0.2) is 70.6 Å². The van der Waals surface area contributed by atoms with Crippen molar-refractivity contribution in [3.63, 3.8) is 0 Å². The molecule has 2 atom stereocenters. The van der Waals surface area contributed by atoms with E-state index in [1.807, 2.05) is 59.5 Å². The highest BCUT2D eigenvalue weighted by molar-refractivity contribution is 7.16. The Morgan fingerprint density at radius 3 is 2.26 bits per heavy atom. The van der Waals surface area contributed by atoms with Crippen LogP contribution in [0.3, 0.4) is 0 Å². The summed E-state index contributed by atoms with van der Waals surface area (Å²) in [6, 6.07) is 22.4. The molecule has 1 unspecified atom stereocenters. The van der Waals surface area contributed by atoms with Crippen LogP contribution in [0.1, 0.15) is 17.7 Å². The molecule has 3 aromatic rings. The first-order valence-electron chi connectivity index (χ1n) is 14.6. The smallest absolute Gasteiger partial charge is 0.235 e. The monoisotopic (exact) mass is 636 g/mol. The molecule has 3 N–H and O–H groups in total. The number of unbranched alkanes of at least 4 members (excludes halogenated alkanes) is 1. The first kappa shape index (κ1) is 33.7. The minimum atomic E-state index is -1.03. The van der Waals surface area contributed by atoms with E-state index < -0.39 is 17.7 Å². The van der Waals surface area contributed by atoms with Gasteiger partial charge in [-0.25, -0.2) is 4.98 Å². The molecule has 1 fully saturated rings. The van der Waals surface area contributed by atoms with Gasteiger partial charge in [0.2, 0.25) is 11.0 Å². The number of likely N-dealkylation sites (tertiary alicyclic amines) is 1. The number of hydrogen-bond acceptors (Lipinski definition) is 12. The van der Waals surface area contributed by atoms with E-state index in [4.69, 9.17) is 4.98 Å². The van der Waals surface area contributed by atoms with Crippen LogP contribution in [-0.2, 0) is 4.79 Å². The van der Waals surface area contributed by atoms with Gasteiger partial charge in [0.15, 0.2) is 5.57 Å². The summed E-state index contributed by atoms with van der Waals surface area (Å²) in [4.78, 5) is 22.1. The summed E-state index contributed by atoms with van der Waals surface area (Å²) in [6.07, 6.45) is 4.19. The van der Waals surface area contributed by atoms with Crippen molar-refractivity contribution in [2.45, 2.75) is 12.8 Å². The number of amides is 1. The van der Waals surface area contributed by atoms with Crippen LogP contribution in [0, 0.1) is 45.8 Å². The number of nitrogens with zero attached hydrogens (tertiary/aromatic N) is 8. The minimum absolute atomic E-state index is 0.0420. The highest BCUT2D eigenvalue weighted by Crippen LogP contribution is 2.39. The van der Waals surface area contributed by atoms with Crippen LogP contribution >= 0.6 is 11.3 Å². The van der Waals surface area contributed by atoms with Crippen LogP contribution in [0.2, 0.25) is 0 Å². The Labute approximate surface area is 270 Å². The quantitative estimate of drug-likeness (QED) is 0.128. The Balaban J connectivity index is 1.66. The molecule has 0 aliphatic carbocycles. The Kier molecular flexibility index (Phi) is 12.2. The Morgan fingerprint density at radius 2 is 1.65 bits per heavy atom. The van der Waals surface area contributed by atoms with Crippen molar-refractivity contribution >= 4 is 39.8 Å². The van der Waals surface area contributed by atoms with Gasteiger partial charge in [0.05, 0.1) is 47.2 Å². The molecule has 4 rings (SSSR count). The molecule has 0 bridgehead atoms. The van der Waals surface area contributed by atoms with Gasteiger partial charge in [0.25, 0.3) is 0 Å². The van der Waals surface area contributed by atoms with Crippen molar-refractivity contribution < 1.29 is 20.1 Å². The first-order valence-corrected chi connectivity index (χ1v) is 15.4. The third-order valence-corrected chi connectivity index (χ3v) is 8.16. The molecule has 1 amide bonds. The summed E-state index contributed by atoms with van der Waals surface area (Å²) in [6.45, 7) is 0.795. The Hall–Kier alpha value is -5.23. The largest absolute Gasteiger partial charge is 0.396 e. The standard InChI is InChI=1S/C33H32N8O4S/c34-20-24(21-35)31-28(22-36)27(32(45)41(31)14-4-5-17-42)12-13-29-30(23-6-2-1-3-7-23)37-33(46-29)39-38-25-8-10-26(11-9-25)40(15-18-43)16-19-44/h1-3,6-13,27-28,42-44H,4-5,14-19H2/b13-12+,39-38?/t27-,28?/m1/s1. The molecular weight excluding hydrogens is 604 g/mol. The van der Waals surface area contributed by atoms with E-state index in [9.17, 15) is 35.9 Å². The van der Waals surface area contributed by atoms with Crippen molar-refractivity contribution in [2.75, 3.05) is 44.4 Å². The zero-order chi connectivity index (χ0) is 32.9. The number of thiazole rings is 1. The number of azo groups is 1. The van der Waals surface area contributed by atoms with Crippen molar-refractivity contribution in [3.05, 3.63) is 76.8 Å². The molecule has 1 aromatic heterocycles. The van der Waals surface area contributed by atoms with Gasteiger partial charge in [-0.1, -0.05) is 47.7 Å². The fourth-order valence-corrected chi connectivity index (χ4v) is 5.89. The molecule has 0 radical (unpaired) electrons. The number of anilines is 1. The second-order valence-corrected chi connectivity index (χ2v) is 11.1. The summed E-state index contributed by atoms with van der Waals surface area (Å²) in [7, 11) is 0. The summed E-state index contributed by atoms with van der Waals surface area (Å²) in [5.74, 6) is -2.37. The van der Waals surface area contributed by atoms with E-state index in [1.54, 1.807) is 24.3 Å². The van der Waals surface area contributed by atoms with Gasteiger partial charge in [0, 0.05) is 37.5 Å². The molecule has 1 aliphatic heterocycles. The van der Waals surface area contributed by atoms with Crippen LogP contribution in [0.25, 0.3) is 17.3 Å². The molecule has 13 heteroatoms. The van der Waals surface area contributed by atoms with Gasteiger partial charge in [-0.3, -0.25) is 4.79 Å². The lowest BCUT2D eigenvalue weighted by Gasteiger charge is -2.22. The van der Waals surface area contributed by atoms with E-state index in [2.05, 4.69) is 16.3 Å². The van der Waals surface area contributed by atoms with Gasteiger partial charge < -0.3 is 25.1 Å². The normalized spacial score (nSPS) is 16.1. The minimum Gasteiger partial charge on any atom is -0.396 e. The van der Waals surface area contributed by atoms with Gasteiger partial charge in [-0.2, -0.15) is 15.8 Å². The third-order valence-electron chi connectivity index (χ3n) is 7.25. The van der Waals surface area contributed by atoms with Crippen LogP contribution in [0.15, 0.2) is 82.2 Å². The Morgan fingerprint density at radius 1 is 0.957 bits per heavy atom. The van der Waals surface area contributed by atoms with Crippen molar-refractivity contribution in [3.8, 4) is 29.5 Å². The number of benzene rings is 2. The van der Waals surface area contributed by atoms with Crippen LogP contribution in [0.4, 0.5) is 16.5 Å². The second-order valence-electron chi connectivity index (χ2n) is 10.1. The summed E-state index contributed by atoms with van der Waals surface area (Å²) < 4.78 is 0. The summed E-state index contributed by atoms with van der Waals surface area (Å²) in [5.41, 5.74) is 2.63. The van der Waals surface area contributed by atoms with Crippen LogP contribution < -0.4 is 4.90 Å².